The Morgan fingerprint density at radius 1 is 0.800 bits per heavy atom. The molecular formula is C34H47F3N4O3S. The molecule has 1 atom stereocenters. The summed E-state index contributed by atoms with van der Waals surface area (Å²) in [4.78, 5) is 15.9. The number of likely N-dealkylation sites (tertiary alicyclic amines) is 1. The number of benzene rings is 1. The molecule has 1 unspecified atom stereocenters. The molecule has 0 radical (unpaired) electrons. The molecule has 2 aromatic rings. The van der Waals surface area contributed by atoms with Crippen molar-refractivity contribution < 1.29 is 26.4 Å². The van der Waals surface area contributed by atoms with Gasteiger partial charge in [0.2, 0.25) is 10.0 Å². The van der Waals surface area contributed by atoms with E-state index in [9.17, 15) is 26.4 Å². The number of alkyl halides is 3. The molecule has 1 amide bonds. The number of sulfonamides is 1. The van der Waals surface area contributed by atoms with E-state index in [0.717, 1.165) is 77.0 Å². The first-order chi connectivity index (χ1) is 21.6. The minimum atomic E-state index is -4.73. The lowest BCUT2D eigenvalue weighted by atomic mass is 9.68. The topological polar surface area (TPSA) is 75.5 Å². The van der Waals surface area contributed by atoms with Gasteiger partial charge in [-0.3, -0.25) is 9.48 Å². The van der Waals surface area contributed by atoms with Crippen molar-refractivity contribution in [1.29, 1.82) is 0 Å². The fourth-order valence-electron chi connectivity index (χ4n) is 8.60. The van der Waals surface area contributed by atoms with Crippen LogP contribution in [-0.4, -0.2) is 59.5 Å². The van der Waals surface area contributed by atoms with Crippen LogP contribution in [0.2, 0.25) is 0 Å². The number of nitrogens with zero attached hydrogens (tertiary/aromatic N) is 4. The summed E-state index contributed by atoms with van der Waals surface area (Å²) in [6.07, 6.45) is 9.18. The Kier molecular flexibility index (Phi) is 9.67. The van der Waals surface area contributed by atoms with E-state index < -0.39 is 33.3 Å². The summed E-state index contributed by atoms with van der Waals surface area (Å²) in [5, 5.41) is 4.36. The quantitative estimate of drug-likeness (QED) is 0.346. The van der Waals surface area contributed by atoms with Crippen LogP contribution < -0.4 is 0 Å². The second-order valence-electron chi connectivity index (χ2n) is 13.9. The predicted octanol–water partition coefficient (Wildman–Crippen LogP) is 7.41. The maximum atomic E-state index is 14.7. The maximum absolute atomic E-state index is 14.7. The van der Waals surface area contributed by atoms with Crippen LogP contribution in [0.5, 0.6) is 0 Å². The Hall–Kier alpha value is -2.40. The molecule has 3 fully saturated rings. The molecule has 45 heavy (non-hydrogen) atoms. The highest BCUT2D eigenvalue weighted by atomic mass is 32.2. The van der Waals surface area contributed by atoms with Gasteiger partial charge in [-0.2, -0.15) is 22.6 Å². The first kappa shape index (κ1) is 32.5. The highest BCUT2D eigenvalue weighted by Crippen LogP contribution is 2.49. The van der Waals surface area contributed by atoms with Gasteiger partial charge < -0.3 is 4.90 Å². The number of amides is 1. The van der Waals surface area contributed by atoms with Crippen LogP contribution in [0, 0.1) is 11.8 Å². The fraction of sp³-hybridized carbons (Fsp3) is 0.706. The second-order valence-corrected chi connectivity index (χ2v) is 15.8. The average Bonchev–Trinajstić information content (AvgIpc) is 3.46. The van der Waals surface area contributed by atoms with Crippen LogP contribution >= 0.6 is 0 Å². The van der Waals surface area contributed by atoms with Gasteiger partial charge in [0.05, 0.1) is 21.7 Å². The molecule has 3 aliphatic heterocycles. The van der Waals surface area contributed by atoms with Gasteiger partial charge in [-0.15, -0.1) is 0 Å². The molecule has 7 nitrogen and oxygen atoms in total. The number of carbonyl (C=O) groups is 1. The van der Waals surface area contributed by atoms with E-state index in [1.165, 1.54) is 6.42 Å². The van der Waals surface area contributed by atoms with Crippen LogP contribution in [0.4, 0.5) is 13.2 Å². The van der Waals surface area contributed by atoms with E-state index >= 15 is 0 Å². The Morgan fingerprint density at radius 2 is 1.38 bits per heavy atom. The van der Waals surface area contributed by atoms with Crippen molar-refractivity contribution in [2.45, 2.75) is 119 Å². The van der Waals surface area contributed by atoms with Crippen molar-refractivity contribution in [3.05, 3.63) is 47.3 Å². The molecule has 4 aliphatic rings. The van der Waals surface area contributed by atoms with Crippen molar-refractivity contribution in [1.82, 2.24) is 19.0 Å². The maximum Gasteiger partial charge on any atom is 0.435 e. The predicted molar refractivity (Wildman–Crippen MR) is 166 cm³/mol. The fourth-order valence-corrected chi connectivity index (χ4v) is 10.1. The summed E-state index contributed by atoms with van der Waals surface area (Å²) < 4.78 is 74.1. The molecule has 11 heteroatoms. The van der Waals surface area contributed by atoms with Gasteiger partial charge in [0.1, 0.15) is 0 Å². The molecule has 1 saturated carbocycles. The molecule has 1 aromatic heterocycles. The summed E-state index contributed by atoms with van der Waals surface area (Å²) in [5.74, 6) is -0.300. The monoisotopic (exact) mass is 648 g/mol. The SMILES string of the molecule is O=C(c1c(C(F)(F)F)nn2c1CC(C1CCN(S(=O)(=O)c3ccccc3)CC1)CC21CCCCCCCCC1)N1CCCCC1. The number of hydrogen-bond acceptors (Lipinski definition) is 4. The highest BCUT2D eigenvalue weighted by Gasteiger charge is 2.50. The van der Waals surface area contributed by atoms with Gasteiger partial charge in [-0.1, -0.05) is 63.1 Å². The second kappa shape index (κ2) is 13.4. The number of fused-ring (bicyclic) bond motifs is 2. The summed E-state index contributed by atoms with van der Waals surface area (Å²) in [6, 6.07) is 8.48. The normalized spacial score (nSPS) is 24.3. The molecule has 1 aliphatic carbocycles. The minimum absolute atomic E-state index is 0.0627. The Balaban J connectivity index is 1.35. The third-order valence-electron chi connectivity index (χ3n) is 11.0. The Labute approximate surface area is 265 Å². The molecule has 2 saturated heterocycles. The molecule has 0 N–H and O–H groups in total. The van der Waals surface area contributed by atoms with Crippen LogP contribution in [0.25, 0.3) is 0 Å². The van der Waals surface area contributed by atoms with E-state index in [1.54, 1.807) is 44.2 Å². The van der Waals surface area contributed by atoms with Crippen molar-refractivity contribution in [3.8, 4) is 0 Å². The largest absolute Gasteiger partial charge is 0.435 e. The van der Waals surface area contributed by atoms with E-state index in [4.69, 9.17) is 0 Å². The van der Waals surface area contributed by atoms with Gasteiger partial charge in [0.25, 0.3) is 5.91 Å². The Bertz CT molecular complexity index is 1420. The van der Waals surface area contributed by atoms with Gasteiger partial charge in [0.15, 0.2) is 5.69 Å². The summed E-state index contributed by atoms with van der Waals surface area (Å²) in [5.41, 5.74) is -1.35. The van der Waals surface area contributed by atoms with Gasteiger partial charge in [0, 0.05) is 26.2 Å². The number of carbonyl (C=O) groups excluding carboxylic acids is 1. The van der Waals surface area contributed by atoms with Crippen LogP contribution in [0.3, 0.4) is 0 Å². The molecule has 248 valence electrons. The van der Waals surface area contributed by atoms with E-state index in [0.29, 0.717) is 51.1 Å². The van der Waals surface area contributed by atoms with Crippen molar-refractivity contribution in [3.63, 3.8) is 0 Å². The Morgan fingerprint density at radius 3 is 1.98 bits per heavy atom. The summed E-state index contributed by atoms with van der Waals surface area (Å²) in [6.45, 7) is 1.73. The lowest BCUT2D eigenvalue weighted by Gasteiger charge is -2.46. The van der Waals surface area contributed by atoms with Gasteiger partial charge in [-0.25, -0.2) is 8.42 Å². The minimum Gasteiger partial charge on any atom is -0.339 e. The summed E-state index contributed by atoms with van der Waals surface area (Å²) in [7, 11) is -3.61. The molecule has 0 bridgehead atoms. The van der Waals surface area contributed by atoms with Gasteiger partial charge in [-0.05, 0) is 81.8 Å². The molecule has 1 aromatic carbocycles. The summed E-state index contributed by atoms with van der Waals surface area (Å²) >= 11 is 0. The lowest BCUT2D eigenvalue weighted by molar-refractivity contribution is -0.142. The number of rotatable bonds is 4. The third kappa shape index (κ3) is 6.71. The number of hydrogen-bond donors (Lipinski definition) is 0. The first-order valence-corrected chi connectivity index (χ1v) is 18.6. The van der Waals surface area contributed by atoms with Crippen molar-refractivity contribution >= 4 is 15.9 Å². The zero-order chi connectivity index (χ0) is 31.7. The van der Waals surface area contributed by atoms with E-state index in [-0.39, 0.29) is 22.3 Å². The highest BCUT2D eigenvalue weighted by molar-refractivity contribution is 7.89. The van der Waals surface area contributed by atoms with Crippen LogP contribution in [0.15, 0.2) is 35.2 Å². The standard InChI is InChI=1S/C34H47F3N4O3S/c35-34(36,37)31-30(32(42)39-20-12-7-13-21-39)29-24-27(25-33(41(29)38-31)18-10-4-2-1-3-5-11-19-33)26-16-22-40(23-17-26)45(43,44)28-14-8-6-9-15-28/h6,8-9,14-15,26-27H,1-5,7,10-13,16-25H2. The molecule has 6 rings (SSSR count). The van der Waals surface area contributed by atoms with E-state index in [1.807, 2.05) is 0 Å². The third-order valence-corrected chi connectivity index (χ3v) is 12.9. The molecular weight excluding hydrogens is 601 g/mol. The van der Waals surface area contributed by atoms with E-state index in [2.05, 4.69) is 5.10 Å². The molecule has 4 heterocycles. The average molecular weight is 649 g/mol. The zero-order valence-electron chi connectivity index (χ0n) is 26.2. The van der Waals surface area contributed by atoms with Crippen LogP contribution in [-0.2, 0) is 28.2 Å². The van der Waals surface area contributed by atoms with Crippen molar-refractivity contribution in [2.24, 2.45) is 11.8 Å². The smallest absolute Gasteiger partial charge is 0.339 e. The van der Waals surface area contributed by atoms with Gasteiger partial charge >= 0.3 is 6.18 Å². The number of halogens is 3. The van der Waals surface area contributed by atoms with Crippen LogP contribution in [0.1, 0.15) is 118 Å². The number of aromatic nitrogens is 2. The number of piperidine rings is 2. The van der Waals surface area contributed by atoms with Crippen molar-refractivity contribution in [2.75, 3.05) is 26.2 Å². The first-order valence-electron chi connectivity index (χ1n) is 17.1. The lowest BCUT2D eigenvalue weighted by Crippen LogP contribution is -2.47. The zero-order valence-corrected chi connectivity index (χ0v) is 27.1. The molecule has 1 spiro atoms.